The van der Waals surface area contributed by atoms with Crippen molar-refractivity contribution in [3.05, 3.63) is 51.7 Å². The lowest BCUT2D eigenvalue weighted by atomic mass is 9.83. The Bertz CT molecular complexity index is 1090. The Labute approximate surface area is 198 Å². The second kappa shape index (κ2) is 10.3. The summed E-state index contributed by atoms with van der Waals surface area (Å²) in [4.78, 5) is 31.2. The van der Waals surface area contributed by atoms with Gasteiger partial charge in [-0.3, -0.25) is 14.7 Å². The highest BCUT2D eigenvalue weighted by molar-refractivity contribution is 7.09. The van der Waals surface area contributed by atoms with Crippen LogP contribution < -0.4 is 10.6 Å². The smallest absolute Gasteiger partial charge is 0.247 e. The zero-order chi connectivity index (χ0) is 23.4. The fourth-order valence-corrected chi connectivity index (χ4v) is 5.42. The van der Waals surface area contributed by atoms with Gasteiger partial charge in [0, 0.05) is 21.8 Å². The molecule has 0 radical (unpaired) electrons. The summed E-state index contributed by atoms with van der Waals surface area (Å²) < 4.78 is 0. The number of thiazole rings is 1. The van der Waals surface area contributed by atoms with Gasteiger partial charge in [-0.05, 0) is 57.2 Å². The number of nitrogens with zero attached hydrogens (tertiary/aromatic N) is 2. The standard InChI is InChI=1S/C25H31N5O2S/c1-15-21(33-14-26-15)13-22(31)28-24(19-7-5-4-6-8-19)25(32)27-20-11-9-18(10-12-20)23-16(2)29-30-17(23)3/h9-12,14,19,24H,4-8,13H2,1-3H3,(H,27,32)(H,28,31)(H,29,30). The van der Waals surface area contributed by atoms with Crippen molar-refractivity contribution in [3.63, 3.8) is 0 Å². The molecule has 1 fully saturated rings. The molecule has 2 heterocycles. The molecule has 3 aromatic rings. The van der Waals surface area contributed by atoms with Gasteiger partial charge in [0.15, 0.2) is 0 Å². The molecule has 0 aliphatic heterocycles. The summed E-state index contributed by atoms with van der Waals surface area (Å²) in [5, 5.41) is 13.3. The monoisotopic (exact) mass is 465 g/mol. The number of nitrogens with one attached hydrogen (secondary N) is 3. The number of rotatable bonds is 7. The molecule has 0 bridgehead atoms. The molecule has 1 saturated carbocycles. The van der Waals surface area contributed by atoms with E-state index in [1.807, 2.05) is 45.0 Å². The van der Waals surface area contributed by atoms with E-state index in [1.54, 1.807) is 5.51 Å². The zero-order valence-electron chi connectivity index (χ0n) is 19.4. The lowest BCUT2D eigenvalue weighted by Gasteiger charge is -2.30. The summed E-state index contributed by atoms with van der Waals surface area (Å²) in [6, 6.07) is 7.24. The van der Waals surface area contributed by atoms with Crippen molar-refractivity contribution >= 4 is 28.8 Å². The average Bonchev–Trinajstić information content (AvgIpc) is 3.37. The first kappa shape index (κ1) is 23.2. The van der Waals surface area contributed by atoms with Gasteiger partial charge in [-0.1, -0.05) is 31.4 Å². The minimum absolute atomic E-state index is 0.130. The summed E-state index contributed by atoms with van der Waals surface area (Å²) in [7, 11) is 0. The molecule has 2 amide bonds. The first-order valence-corrected chi connectivity index (χ1v) is 12.4. The quantitative estimate of drug-likeness (QED) is 0.471. The predicted molar refractivity (Wildman–Crippen MR) is 131 cm³/mol. The Hall–Kier alpha value is -3.00. The molecule has 8 heteroatoms. The second-order valence-electron chi connectivity index (χ2n) is 8.86. The van der Waals surface area contributed by atoms with Crippen molar-refractivity contribution in [1.29, 1.82) is 0 Å². The van der Waals surface area contributed by atoms with E-state index in [0.717, 1.165) is 64.5 Å². The molecular formula is C25H31N5O2S. The normalized spacial score (nSPS) is 15.2. The maximum Gasteiger partial charge on any atom is 0.247 e. The Morgan fingerprint density at radius 3 is 2.42 bits per heavy atom. The number of hydrogen-bond acceptors (Lipinski definition) is 5. The van der Waals surface area contributed by atoms with E-state index in [-0.39, 0.29) is 24.2 Å². The molecule has 1 unspecified atom stereocenters. The van der Waals surface area contributed by atoms with Gasteiger partial charge in [0.25, 0.3) is 0 Å². The molecule has 0 spiro atoms. The number of anilines is 1. The van der Waals surface area contributed by atoms with Gasteiger partial charge in [-0.25, -0.2) is 4.98 Å². The van der Waals surface area contributed by atoms with Crippen LogP contribution in [0.3, 0.4) is 0 Å². The van der Waals surface area contributed by atoms with E-state index in [4.69, 9.17) is 0 Å². The number of H-pyrrole nitrogens is 1. The summed E-state index contributed by atoms with van der Waals surface area (Å²) >= 11 is 1.47. The molecule has 174 valence electrons. The van der Waals surface area contributed by atoms with Crippen LogP contribution in [-0.4, -0.2) is 33.0 Å². The van der Waals surface area contributed by atoms with Crippen LogP contribution in [0.5, 0.6) is 0 Å². The lowest BCUT2D eigenvalue weighted by molar-refractivity contribution is -0.127. The first-order chi connectivity index (χ1) is 15.9. The molecule has 33 heavy (non-hydrogen) atoms. The molecule has 4 rings (SSSR count). The van der Waals surface area contributed by atoms with Crippen LogP contribution >= 0.6 is 11.3 Å². The van der Waals surface area contributed by atoms with Crippen LogP contribution in [0.4, 0.5) is 5.69 Å². The molecule has 1 aliphatic rings. The first-order valence-electron chi connectivity index (χ1n) is 11.5. The van der Waals surface area contributed by atoms with Crippen LogP contribution in [0.1, 0.15) is 54.1 Å². The maximum atomic E-state index is 13.3. The number of aromatic amines is 1. The average molecular weight is 466 g/mol. The third-order valence-electron chi connectivity index (χ3n) is 6.46. The maximum absolute atomic E-state index is 13.3. The van der Waals surface area contributed by atoms with Gasteiger partial charge in [-0.15, -0.1) is 11.3 Å². The minimum atomic E-state index is -0.538. The number of aromatic nitrogens is 3. The van der Waals surface area contributed by atoms with E-state index >= 15 is 0 Å². The van der Waals surface area contributed by atoms with Crippen molar-refractivity contribution in [2.24, 2.45) is 5.92 Å². The highest BCUT2D eigenvalue weighted by atomic mass is 32.1. The van der Waals surface area contributed by atoms with Crippen molar-refractivity contribution in [1.82, 2.24) is 20.5 Å². The third-order valence-corrected chi connectivity index (χ3v) is 7.39. The van der Waals surface area contributed by atoms with Crippen molar-refractivity contribution < 1.29 is 9.59 Å². The molecule has 2 aromatic heterocycles. The Morgan fingerprint density at radius 1 is 1.09 bits per heavy atom. The van der Waals surface area contributed by atoms with Crippen LogP contribution in [0.2, 0.25) is 0 Å². The van der Waals surface area contributed by atoms with E-state index in [0.29, 0.717) is 0 Å². The van der Waals surface area contributed by atoms with Crippen molar-refractivity contribution in [2.75, 3.05) is 5.32 Å². The molecule has 3 N–H and O–H groups in total. The van der Waals surface area contributed by atoms with Gasteiger partial charge in [0.05, 0.1) is 23.3 Å². The van der Waals surface area contributed by atoms with E-state index in [1.165, 1.54) is 17.8 Å². The van der Waals surface area contributed by atoms with Crippen LogP contribution in [0, 0.1) is 26.7 Å². The van der Waals surface area contributed by atoms with Crippen molar-refractivity contribution in [3.8, 4) is 11.1 Å². The molecule has 1 aliphatic carbocycles. The zero-order valence-corrected chi connectivity index (χ0v) is 20.2. The fourth-order valence-electron chi connectivity index (χ4n) is 4.65. The number of benzene rings is 1. The van der Waals surface area contributed by atoms with Gasteiger partial charge < -0.3 is 10.6 Å². The van der Waals surface area contributed by atoms with Gasteiger partial charge in [0.1, 0.15) is 6.04 Å². The van der Waals surface area contributed by atoms with Crippen LogP contribution in [0.15, 0.2) is 29.8 Å². The van der Waals surface area contributed by atoms with E-state index in [2.05, 4.69) is 25.8 Å². The lowest BCUT2D eigenvalue weighted by Crippen LogP contribution is -2.49. The molecule has 7 nitrogen and oxygen atoms in total. The molecule has 0 saturated heterocycles. The highest BCUT2D eigenvalue weighted by Gasteiger charge is 2.31. The Balaban J connectivity index is 1.46. The Morgan fingerprint density at radius 2 is 1.82 bits per heavy atom. The number of carbonyl (C=O) groups excluding carboxylic acids is 2. The number of hydrogen-bond donors (Lipinski definition) is 3. The van der Waals surface area contributed by atoms with Crippen molar-refractivity contribution in [2.45, 2.75) is 65.3 Å². The van der Waals surface area contributed by atoms with Gasteiger partial charge >= 0.3 is 0 Å². The summed E-state index contributed by atoms with van der Waals surface area (Å²) in [6.07, 6.45) is 5.54. The molecule has 1 atom stereocenters. The van der Waals surface area contributed by atoms with Crippen LogP contribution in [-0.2, 0) is 16.0 Å². The fraction of sp³-hybridized carbons (Fsp3) is 0.440. The largest absolute Gasteiger partial charge is 0.344 e. The van der Waals surface area contributed by atoms with E-state index in [9.17, 15) is 9.59 Å². The number of carbonyl (C=O) groups is 2. The second-order valence-corrected chi connectivity index (χ2v) is 9.80. The molecule has 1 aromatic carbocycles. The predicted octanol–water partition coefficient (Wildman–Crippen LogP) is 4.70. The van der Waals surface area contributed by atoms with E-state index < -0.39 is 6.04 Å². The molecular weight excluding hydrogens is 434 g/mol. The summed E-state index contributed by atoms with van der Waals surface area (Å²) in [5.41, 5.74) is 7.43. The summed E-state index contributed by atoms with van der Waals surface area (Å²) in [5.74, 6) is -0.130. The Kier molecular flexibility index (Phi) is 7.23. The number of aryl methyl sites for hydroxylation is 3. The summed E-state index contributed by atoms with van der Waals surface area (Å²) in [6.45, 7) is 5.87. The van der Waals surface area contributed by atoms with Crippen LogP contribution in [0.25, 0.3) is 11.1 Å². The minimum Gasteiger partial charge on any atom is -0.344 e. The van der Waals surface area contributed by atoms with Gasteiger partial charge in [-0.2, -0.15) is 5.10 Å². The topological polar surface area (TPSA) is 99.8 Å². The third kappa shape index (κ3) is 5.50. The SMILES string of the molecule is Cc1ncsc1CC(=O)NC(C(=O)Nc1ccc(-c2c(C)n[nH]c2C)cc1)C1CCCCC1. The highest BCUT2D eigenvalue weighted by Crippen LogP contribution is 2.29. The number of amides is 2. The van der Waals surface area contributed by atoms with Gasteiger partial charge in [0.2, 0.25) is 11.8 Å².